The van der Waals surface area contributed by atoms with E-state index >= 15 is 0 Å². The van der Waals surface area contributed by atoms with Crippen molar-refractivity contribution in [1.82, 2.24) is 0 Å². The molecule has 3 nitrogen and oxygen atoms in total. The van der Waals surface area contributed by atoms with Crippen LogP contribution in [0.2, 0.25) is 0 Å². The van der Waals surface area contributed by atoms with Crippen molar-refractivity contribution >= 4 is 0 Å². The number of phenols is 1. The van der Waals surface area contributed by atoms with Crippen LogP contribution in [0.4, 0.5) is 8.78 Å². The highest BCUT2D eigenvalue weighted by Crippen LogP contribution is 2.34. The van der Waals surface area contributed by atoms with E-state index in [-0.39, 0.29) is 18.1 Å². The van der Waals surface area contributed by atoms with Gasteiger partial charge in [0.2, 0.25) is 0 Å². The summed E-state index contributed by atoms with van der Waals surface area (Å²) in [7, 11) is 0. The first-order valence-corrected chi connectivity index (χ1v) is 6.19. The van der Waals surface area contributed by atoms with Gasteiger partial charge < -0.3 is 14.6 Å². The van der Waals surface area contributed by atoms with Gasteiger partial charge in [0, 0.05) is 18.1 Å². The third-order valence-electron chi connectivity index (χ3n) is 3.15. The molecule has 20 heavy (non-hydrogen) atoms. The van der Waals surface area contributed by atoms with E-state index in [1.54, 1.807) is 12.1 Å². The summed E-state index contributed by atoms with van der Waals surface area (Å²) in [5.41, 5.74) is 1.49. The van der Waals surface area contributed by atoms with Gasteiger partial charge in [-0.25, -0.2) is 8.78 Å². The van der Waals surface area contributed by atoms with Crippen LogP contribution in [-0.2, 0) is 13.0 Å². The van der Waals surface area contributed by atoms with Crippen molar-refractivity contribution in [2.24, 2.45) is 0 Å². The first-order valence-electron chi connectivity index (χ1n) is 6.19. The minimum absolute atomic E-state index is 0.134. The summed E-state index contributed by atoms with van der Waals surface area (Å²) in [4.78, 5) is 0. The average molecular weight is 278 g/mol. The Bertz CT molecular complexity index is 656. The highest BCUT2D eigenvalue weighted by atomic mass is 19.2. The second-order valence-corrected chi connectivity index (χ2v) is 4.55. The zero-order chi connectivity index (χ0) is 14.1. The number of halogens is 2. The van der Waals surface area contributed by atoms with Crippen molar-refractivity contribution in [2.75, 3.05) is 6.61 Å². The summed E-state index contributed by atoms with van der Waals surface area (Å²) in [6.45, 7) is 0.686. The fraction of sp³-hybridized carbons (Fsp3) is 0.200. The van der Waals surface area contributed by atoms with Crippen LogP contribution in [-0.4, -0.2) is 11.7 Å². The summed E-state index contributed by atoms with van der Waals surface area (Å²) < 4.78 is 36.6. The summed E-state index contributed by atoms with van der Waals surface area (Å²) in [6, 6.07) is 6.71. The predicted molar refractivity (Wildman–Crippen MR) is 68.0 cm³/mol. The Labute approximate surface area is 114 Å². The number of hydrogen-bond acceptors (Lipinski definition) is 3. The molecule has 0 radical (unpaired) electrons. The average Bonchev–Trinajstić information content (AvgIpc) is 2.89. The molecule has 5 heteroatoms. The molecular formula is C15H12F2O3. The van der Waals surface area contributed by atoms with E-state index in [4.69, 9.17) is 9.47 Å². The number of aromatic hydroxyl groups is 1. The van der Waals surface area contributed by atoms with E-state index in [9.17, 15) is 13.9 Å². The van der Waals surface area contributed by atoms with Crippen LogP contribution < -0.4 is 9.47 Å². The fourth-order valence-corrected chi connectivity index (χ4v) is 2.15. The molecule has 0 saturated heterocycles. The van der Waals surface area contributed by atoms with Crippen LogP contribution in [0, 0.1) is 11.6 Å². The number of benzene rings is 2. The van der Waals surface area contributed by atoms with Crippen LogP contribution >= 0.6 is 0 Å². The molecule has 0 aliphatic carbocycles. The predicted octanol–water partition coefficient (Wildman–Crippen LogP) is 3.18. The molecule has 0 fully saturated rings. The molecule has 0 unspecified atom stereocenters. The van der Waals surface area contributed by atoms with Crippen molar-refractivity contribution in [2.45, 2.75) is 13.0 Å². The van der Waals surface area contributed by atoms with Crippen LogP contribution in [0.5, 0.6) is 17.2 Å². The summed E-state index contributed by atoms with van der Waals surface area (Å²) in [5, 5.41) is 9.84. The van der Waals surface area contributed by atoms with Crippen molar-refractivity contribution in [3.63, 3.8) is 0 Å². The van der Waals surface area contributed by atoms with E-state index in [1.165, 1.54) is 6.07 Å². The Morgan fingerprint density at radius 1 is 1.15 bits per heavy atom. The minimum atomic E-state index is -0.956. The Morgan fingerprint density at radius 3 is 2.80 bits per heavy atom. The second kappa shape index (κ2) is 5.00. The minimum Gasteiger partial charge on any atom is -0.508 e. The first kappa shape index (κ1) is 12.7. The van der Waals surface area contributed by atoms with Gasteiger partial charge in [-0.2, -0.15) is 0 Å². The highest BCUT2D eigenvalue weighted by Gasteiger charge is 2.17. The van der Waals surface area contributed by atoms with Gasteiger partial charge in [0.05, 0.1) is 6.61 Å². The SMILES string of the molecule is Oc1cc(COc2ccc(F)c(F)c2)cc2c1CCO2. The quantitative estimate of drug-likeness (QED) is 0.937. The zero-order valence-corrected chi connectivity index (χ0v) is 10.5. The molecular weight excluding hydrogens is 266 g/mol. The maximum absolute atomic E-state index is 13.0. The Morgan fingerprint density at radius 2 is 2.00 bits per heavy atom. The molecule has 0 amide bonds. The standard InChI is InChI=1S/C15H12F2O3/c16-12-2-1-10(7-13(12)17)20-8-9-5-14(18)11-3-4-19-15(11)6-9/h1-2,5-7,18H,3-4,8H2. The monoisotopic (exact) mass is 278 g/mol. The maximum Gasteiger partial charge on any atom is 0.162 e. The third kappa shape index (κ3) is 2.39. The van der Waals surface area contributed by atoms with Gasteiger partial charge in [-0.3, -0.25) is 0 Å². The van der Waals surface area contributed by atoms with Crippen molar-refractivity contribution in [3.05, 3.63) is 53.1 Å². The van der Waals surface area contributed by atoms with Gasteiger partial charge in [0.1, 0.15) is 23.9 Å². The lowest BCUT2D eigenvalue weighted by molar-refractivity contribution is 0.301. The lowest BCUT2D eigenvalue weighted by Gasteiger charge is -2.09. The normalized spacial score (nSPS) is 12.9. The molecule has 3 rings (SSSR count). The maximum atomic E-state index is 13.0. The third-order valence-corrected chi connectivity index (χ3v) is 3.15. The van der Waals surface area contributed by atoms with Gasteiger partial charge in [0.25, 0.3) is 0 Å². The van der Waals surface area contributed by atoms with E-state index in [0.29, 0.717) is 24.3 Å². The smallest absolute Gasteiger partial charge is 0.162 e. The zero-order valence-electron chi connectivity index (χ0n) is 10.5. The molecule has 0 bridgehead atoms. The molecule has 1 heterocycles. The number of hydrogen-bond donors (Lipinski definition) is 1. The number of rotatable bonds is 3. The number of ether oxygens (including phenoxy) is 2. The van der Waals surface area contributed by atoms with Crippen molar-refractivity contribution in [3.8, 4) is 17.2 Å². The van der Waals surface area contributed by atoms with Gasteiger partial charge in [0.15, 0.2) is 11.6 Å². The fourth-order valence-electron chi connectivity index (χ4n) is 2.15. The summed E-state index contributed by atoms with van der Waals surface area (Å²) >= 11 is 0. The van der Waals surface area contributed by atoms with E-state index in [1.807, 2.05) is 0 Å². The van der Waals surface area contributed by atoms with Crippen LogP contribution in [0.1, 0.15) is 11.1 Å². The number of phenolic OH excluding ortho intramolecular Hbond substituents is 1. The van der Waals surface area contributed by atoms with Crippen LogP contribution in [0.15, 0.2) is 30.3 Å². The van der Waals surface area contributed by atoms with Crippen molar-refractivity contribution in [1.29, 1.82) is 0 Å². The van der Waals surface area contributed by atoms with Gasteiger partial charge in [-0.15, -0.1) is 0 Å². The Balaban J connectivity index is 1.75. The van der Waals surface area contributed by atoms with Gasteiger partial charge in [-0.05, 0) is 29.8 Å². The van der Waals surface area contributed by atoms with E-state index < -0.39 is 11.6 Å². The first-order chi connectivity index (χ1) is 9.63. The van der Waals surface area contributed by atoms with Crippen molar-refractivity contribution < 1.29 is 23.4 Å². The molecule has 0 saturated carbocycles. The largest absolute Gasteiger partial charge is 0.508 e. The molecule has 104 valence electrons. The van der Waals surface area contributed by atoms with Crippen LogP contribution in [0.3, 0.4) is 0 Å². The van der Waals surface area contributed by atoms with Crippen LogP contribution in [0.25, 0.3) is 0 Å². The number of fused-ring (bicyclic) bond motifs is 1. The molecule has 1 aliphatic heterocycles. The van der Waals surface area contributed by atoms with E-state index in [0.717, 1.165) is 17.7 Å². The molecule has 2 aromatic rings. The molecule has 0 aromatic heterocycles. The lowest BCUT2D eigenvalue weighted by Crippen LogP contribution is -1.97. The summed E-state index contributed by atoms with van der Waals surface area (Å²) in [6.07, 6.45) is 0.686. The van der Waals surface area contributed by atoms with E-state index in [2.05, 4.69) is 0 Å². The lowest BCUT2D eigenvalue weighted by atomic mass is 10.1. The molecule has 1 N–H and O–H groups in total. The molecule has 2 aromatic carbocycles. The Kier molecular flexibility index (Phi) is 3.18. The molecule has 1 aliphatic rings. The Hall–Kier alpha value is -2.30. The van der Waals surface area contributed by atoms with Gasteiger partial charge >= 0.3 is 0 Å². The topological polar surface area (TPSA) is 38.7 Å². The second-order valence-electron chi connectivity index (χ2n) is 4.55. The molecule has 0 atom stereocenters. The molecule has 0 spiro atoms. The highest BCUT2D eigenvalue weighted by molar-refractivity contribution is 5.49. The van der Waals surface area contributed by atoms with Gasteiger partial charge in [-0.1, -0.05) is 0 Å². The summed E-state index contributed by atoms with van der Waals surface area (Å²) in [5.74, 6) is -0.828.